The second kappa shape index (κ2) is 6.39. The van der Waals surface area contributed by atoms with E-state index in [4.69, 9.17) is 0 Å². The third kappa shape index (κ3) is 3.99. The topological polar surface area (TPSA) is 66.1 Å². The van der Waals surface area contributed by atoms with E-state index < -0.39 is 0 Å². The van der Waals surface area contributed by atoms with E-state index in [-0.39, 0.29) is 6.03 Å². The molecule has 0 aliphatic rings. The lowest BCUT2D eigenvalue weighted by Crippen LogP contribution is -2.24. The molecule has 2 amide bonds. The van der Waals surface area contributed by atoms with Crippen molar-refractivity contribution in [2.75, 3.05) is 17.7 Å². The summed E-state index contributed by atoms with van der Waals surface area (Å²) in [6, 6.07) is 13.1. The summed E-state index contributed by atoms with van der Waals surface area (Å²) in [5.41, 5.74) is 2.71. The van der Waals surface area contributed by atoms with Crippen molar-refractivity contribution in [3.05, 3.63) is 54.4 Å². The van der Waals surface area contributed by atoms with Gasteiger partial charge in [0.1, 0.15) is 0 Å². The summed E-state index contributed by atoms with van der Waals surface area (Å²) < 4.78 is 0. The summed E-state index contributed by atoms with van der Waals surface area (Å²) >= 11 is 0. The molecule has 0 fully saturated rings. The average Bonchev–Trinajstić information content (AvgIpc) is 2.47. The maximum atomic E-state index is 11.1. The molecule has 0 bridgehead atoms. The Bertz CT molecular complexity index is 525. The molecule has 98 valence electrons. The molecule has 1 aromatic heterocycles. The number of hydrogen-bond donors (Lipinski definition) is 3. The molecule has 5 heteroatoms. The van der Waals surface area contributed by atoms with Crippen molar-refractivity contribution < 1.29 is 4.79 Å². The van der Waals surface area contributed by atoms with Crippen LogP contribution in [0, 0.1) is 0 Å². The molecular weight excluding hydrogens is 240 g/mol. The van der Waals surface area contributed by atoms with Gasteiger partial charge in [0, 0.05) is 24.6 Å². The molecule has 1 heterocycles. The average molecular weight is 256 g/mol. The number of carbonyl (C=O) groups excluding carboxylic acids is 1. The first-order valence-corrected chi connectivity index (χ1v) is 6.00. The summed E-state index contributed by atoms with van der Waals surface area (Å²) in [4.78, 5) is 15.4. The number of nitrogens with one attached hydrogen (secondary N) is 3. The first kappa shape index (κ1) is 12.9. The molecule has 0 unspecified atom stereocenters. The van der Waals surface area contributed by atoms with E-state index in [0.29, 0.717) is 6.54 Å². The zero-order valence-corrected chi connectivity index (χ0v) is 10.7. The number of rotatable bonds is 4. The van der Waals surface area contributed by atoms with Crippen LogP contribution in [0.1, 0.15) is 5.69 Å². The highest BCUT2D eigenvalue weighted by Gasteiger charge is 1.99. The van der Waals surface area contributed by atoms with E-state index in [1.54, 1.807) is 13.2 Å². The number of pyridine rings is 1. The van der Waals surface area contributed by atoms with Gasteiger partial charge in [-0.25, -0.2) is 4.79 Å². The molecule has 0 saturated heterocycles. The van der Waals surface area contributed by atoms with Gasteiger partial charge in [0.05, 0.1) is 12.2 Å². The van der Waals surface area contributed by atoms with Crippen LogP contribution in [-0.4, -0.2) is 18.1 Å². The molecule has 2 aromatic rings. The molecule has 0 radical (unpaired) electrons. The molecule has 0 aliphatic carbocycles. The van der Waals surface area contributed by atoms with Gasteiger partial charge in [0.15, 0.2) is 0 Å². The van der Waals surface area contributed by atoms with Crippen molar-refractivity contribution in [1.82, 2.24) is 10.3 Å². The number of benzene rings is 1. The van der Waals surface area contributed by atoms with Gasteiger partial charge in [-0.2, -0.15) is 0 Å². The van der Waals surface area contributed by atoms with Gasteiger partial charge in [-0.3, -0.25) is 4.98 Å². The number of carbonyl (C=O) groups is 1. The zero-order chi connectivity index (χ0) is 13.5. The Kier molecular flexibility index (Phi) is 4.34. The van der Waals surface area contributed by atoms with Crippen molar-refractivity contribution in [2.24, 2.45) is 0 Å². The van der Waals surface area contributed by atoms with Crippen LogP contribution in [0.4, 0.5) is 16.2 Å². The van der Waals surface area contributed by atoms with Crippen molar-refractivity contribution in [3.8, 4) is 0 Å². The molecule has 0 aliphatic heterocycles. The van der Waals surface area contributed by atoms with Crippen LogP contribution in [-0.2, 0) is 6.54 Å². The van der Waals surface area contributed by atoms with Crippen LogP contribution < -0.4 is 16.0 Å². The lowest BCUT2D eigenvalue weighted by molar-refractivity contribution is 0.254. The monoisotopic (exact) mass is 256 g/mol. The number of amides is 2. The molecule has 3 N–H and O–H groups in total. The van der Waals surface area contributed by atoms with Crippen LogP contribution in [0.3, 0.4) is 0 Å². The molecule has 0 saturated carbocycles. The van der Waals surface area contributed by atoms with Gasteiger partial charge >= 0.3 is 6.03 Å². The van der Waals surface area contributed by atoms with Gasteiger partial charge in [-0.15, -0.1) is 0 Å². The van der Waals surface area contributed by atoms with E-state index in [2.05, 4.69) is 20.9 Å². The molecule has 2 rings (SSSR count). The summed E-state index contributed by atoms with van der Waals surface area (Å²) in [6.45, 7) is 0.670. The molecule has 1 aromatic carbocycles. The Hall–Kier alpha value is -2.56. The zero-order valence-electron chi connectivity index (χ0n) is 10.7. The molecular formula is C14H16N4O. The summed E-state index contributed by atoms with van der Waals surface area (Å²) in [7, 11) is 1.58. The van der Waals surface area contributed by atoms with Crippen molar-refractivity contribution in [3.63, 3.8) is 0 Å². The Balaban J connectivity index is 1.90. The first-order chi connectivity index (χ1) is 9.28. The number of hydrogen-bond acceptors (Lipinski definition) is 3. The fourth-order valence-corrected chi connectivity index (χ4v) is 1.56. The standard InChI is InChI=1S/C14H16N4O/c1-15-14(19)18-12-7-5-11(6-8-12)17-10-13-4-2-3-9-16-13/h2-9,17H,10H2,1H3,(H2,15,18,19). The maximum absolute atomic E-state index is 11.1. The highest BCUT2D eigenvalue weighted by atomic mass is 16.2. The van der Waals surface area contributed by atoms with E-state index in [1.165, 1.54) is 0 Å². The quantitative estimate of drug-likeness (QED) is 0.787. The minimum absolute atomic E-state index is 0.228. The van der Waals surface area contributed by atoms with Crippen LogP contribution in [0.2, 0.25) is 0 Å². The summed E-state index contributed by atoms with van der Waals surface area (Å²) in [6.07, 6.45) is 1.77. The predicted molar refractivity (Wildman–Crippen MR) is 76.1 cm³/mol. The predicted octanol–water partition coefficient (Wildman–Crippen LogP) is 2.45. The molecule has 19 heavy (non-hydrogen) atoms. The Morgan fingerprint density at radius 3 is 2.47 bits per heavy atom. The van der Waals surface area contributed by atoms with Crippen LogP contribution in [0.15, 0.2) is 48.7 Å². The van der Waals surface area contributed by atoms with E-state index >= 15 is 0 Å². The Morgan fingerprint density at radius 2 is 1.84 bits per heavy atom. The lowest BCUT2D eigenvalue weighted by Gasteiger charge is -2.08. The van der Waals surface area contributed by atoms with E-state index in [9.17, 15) is 4.79 Å². The minimum Gasteiger partial charge on any atom is -0.379 e. The molecule has 5 nitrogen and oxygen atoms in total. The number of nitrogens with zero attached hydrogens (tertiary/aromatic N) is 1. The van der Waals surface area contributed by atoms with Gasteiger partial charge in [-0.05, 0) is 36.4 Å². The normalized spacial score (nSPS) is 9.74. The molecule has 0 atom stereocenters. The SMILES string of the molecule is CNC(=O)Nc1ccc(NCc2ccccn2)cc1. The smallest absolute Gasteiger partial charge is 0.318 e. The highest BCUT2D eigenvalue weighted by molar-refractivity contribution is 5.89. The van der Waals surface area contributed by atoms with Crippen molar-refractivity contribution in [1.29, 1.82) is 0 Å². The Labute approximate surface area is 112 Å². The van der Waals surface area contributed by atoms with Crippen molar-refractivity contribution >= 4 is 17.4 Å². The van der Waals surface area contributed by atoms with Gasteiger partial charge in [0.2, 0.25) is 0 Å². The van der Waals surface area contributed by atoms with Crippen molar-refractivity contribution in [2.45, 2.75) is 6.54 Å². The number of urea groups is 1. The maximum Gasteiger partial charge on any atom is 0.318 e. The minimum atomic E-state index is -0.228. The van der Waals surface area contributed by atoms with Gasteiger partial charge in [0.25, 0.3) is 0 Å². The van der Waals surface area contributed by atoms with E-state index in [1.807, 2.05) is 42.5 Å². The third-order valence-corrected chi connectivity index (χ3v) is 2.57. The van der Waals surface area contributed by atoms with Crippen LogP contribution in [0.25, 0.3) is 0 Å². The summed E-state index contributed by atoms with van der Waals surface area (Å²) in [5, 5.41) is 8.47. The highest BCUT2D eigenvalue weighted by Crippen LogP contribution is 2.14. The molecule has 0 spiro atoms. The third-order valence-electron chi connectivity index (χ3n) is 2.57. The second-order valence-electron chi connectivity index (χ2n) is 3.96. The fourth-order valence-electron chi connectivity index (χ4n) is 1.56. The van der Waals surface area contributed by atoms with Crippen LogP contribution >= 0.6 is 0 Å². The number of aromatic nitrogens is 1. The van der Waals surface area contributed by atoms with Gasteiger partial charge in [-0.1, -0.05) is 6.07 Å². The first-order valence-electron chi connectivity index (χ1n) is 6.00. The van der Waals surface area contributed by atoms with Crippen LogP contribution in [0.5, 0.6) is 0 Å². The lowest BCUT2D eigenvalue weighted by atomic mass is 10.2. The van der Waals surface area contributed by atoms with E-state index in [0.717, 1.165) is 17.1 Å². The largest absolute Gasteiger partial charge is 0.379 e. The second-order valence-corrected chi connectivity index (χ2v) is 3.96. The summed E-state index contributed by atoms with van der Waals surface area (Å²) in [5.74, 6) is 0. The number of anilines is 2. The fraction of sp³-hybridized carbons (Fsp3) is 0.143. The Morgan fingerprint density at radius 1 is 1.11 bits per heavy atom. The van der Waals surface area contributed by atoms with Gasteiger partial charge < -0.3 is 16.0 Å².